The van der Waals surface area contributed by atoms with Crippen LogP contribution < -0.4 is 0 Å². The third-order valence-corrected chi connectivity index (χ3v) is 5.94. The molecule has 0 atom stereocenters. The second-order valence-electron chi connectivity index (χ2n) is 6.15. The molecule has 1 aromatic carbocycles. The molecule has 0 fully saturated rings. The van der Waals surface area contributed by atoms with E-state index in [1.807, 2.05) is 27.7 Å². The molecule has 0 N–H and O–H groups in total. The van der Waals surface area contributed by atoms with Crippen LogP contribution in [0.5, 0.6) is 0 Å². The standard InChI is InChI=1S/C17H28N2O3S/c1-7-19(8-2)23(21,22)16-11-15(10-9-14(16)5)17(20)18(6)12-13(3)4/h9-11,13H,7-8,12H2,1-6H3. The van der Waals surface area contributed by atoms with Crippen molar-refractivity contribution in [3.05, 3.63) is 29.3 Å². The zero-order chi connectivity index (χ0) is 17.8. The van der Waals surface area contributed by atoms with Crippen LogP contribution in [0.2, 0.25) is 0 Å². The molecule has 0 aliphatic carbocycles. The van der Waals surface area contributed by atoms with Gasteiger partial charge >= 0.3 is 0 Å². The normalized spacial score (nSPS) is 12.0. The minimum Gasteiger partial charge on any atom is -0.341 e. The predicted molar refractivity (Wildman–Crippen MR) is 93.1 cm³/mol. The summed E-state index contributed by atoms with van der Waals surface area (Å²) in [5, 5.41) is 0. The third-order valence-electron chi connectivity index (χ3n) is 3.74. The van der Waals surface area contributed by atoms with E-state index in [0.29, 0.717) is 36.7 Å². The van der Waals surface area contributed by atoms with E-state index in [9.17, 15) is 13.2 Å². The van der Waals surface area contributed by atoms with Crippen molar-refractivity contribution in [1.82, 2.24) is 9.21 Å². The Balaban J connectivity index is 3.26. The summed E-state index contributed by atoms with van der Waals surface area (Å²) in [5.41, 5.74) is 1.06. The molecule has 0 radical (unpaired) electrons. The third kappa shape index (κ3) is 4.54. The van der Waals surface area contributed by atoms with Crippen LogP contribution in [-0.4, -0.2) is 50.2 Å². The van der Waals surface area contributed by atoms with Gasteiger partial charge in [-0.3, -0.25) is 4.79 Å². The topological polar surface area (TPSA) is 57.7 Å². The van der Waals surface area contributed by atoms with Gasteiger partial charge in [-0.1, -0.05) is 33.8 Å². The number of amides is 1. The molecule has 0 aliphatic rings. The van der Waals surface area contributed by atoms with E-state index in [0.717, 1.165) is 0 Å². The van der Waals surface area contributed by atoms with Gasteiger partial charge in [0, 0.05) is 32.2 Å². The Labute approximate surface area is 140 Å². The summed E-state index contributed by atoms with van der Waals surface area (Å²) < 4.78 is 26.9. The fourth-order valence-corrected chi connectivity index (χ4v) is 4.27. The van der Waals surface area contributed by atoms with Crippen molar-refractivity contribution in [3.8, 4) is 0 Å². The molecule has 130 valence electrons. The number of hydrogen-bond donors (Lipinski definition) is 0. The Kier molecular flexibility index (Phi) is 6.77. The van der Waals surface area contributed by atoms with E-state index in [2.05, 4.69) is 0 Å². The summed E-state index contributed by atoms with van der Waals surface area (Å²) in [7, 11) is -1.84. The molecule has 1 amide bonds. The number of carbonyl (C=O) groups excluding carboxylic acids is 1. The largest absolute Gasteiger partial charge is 0.341 e. The maximum Gasteiger partial charge on any atom is 0.253 e. The van der Waals surface area contributed by atoms with Gasteiger partial charge in [0.15, 0.2) is 0 Å². The van der Waals surface area contributed by atoms with Crippen LogP contribution in [0, 0.1) is 12.8 Å². The summed E-state index contributed by atoms with van der Waals surface area (Å²) in [6.07, 6.45) is 0. The van der Waals surface area contributed by atoms with Crippen LogP contribution in [-0.2, 0) is 10.0 Å². The minimum atomic E-state index is -3.57. The molecule has 0 saturated carbocycles. The molecule has 0 bridgehead atoms. The number of benzene rings is 1. The van der Waals surface area contributed by atoms with Crippen LogP contribution in [0.25, 0.3) is 0 Å². The summed E-state index contributed by atoms with van der Waals surface area (Å²) in [6, 6.07) is 4.89. The number of nitrogens with zero attached hydrogens (tertiary/aromatic N) is 2. The van der Waals surface area contributed by atoms with Crippen molar-refractivity contribution < 1.29 is 13.2 Å². The number of hydrogen-bond acceptors (Lipinski definition) is 3. The molecule has 0 aromatic heterocycles. The van der Waals surface area contributed by atoms with E-state index in [1.165, 1.54) is 10.4 Å². The summed E-state index contributed by atoms with van der Waals surface area (Å²) in [5.74, 6) is 0.197. The van der Waals surface area contributed by atoms with Crippen LogP contribution in [0.15, 0.2) is 23.1 Å². The van der Waals surface area contributed by atoms with Gasteiger partial charge in [-0.2, -0.15) is 4.31 Å². The number of aryl methyl sites for hydroxylation is 1. The van der Waals surface area contributed by atoms with Crippen molar-refractivity contribution >= 4 is 15.9 Å². The van der Waals surface area contributed by atoms with Gasteiger partial charge in [-0.25, -0.2) is 8.42 Å². The SMILES string of the molecule is CCN(CC)S(=O)(=O)c1cc(C(=O)N(C)CC(C)C)ccc1C. The van der Waals surface area contributed by atoms with Crippen molar-refractivity contribution in [3.63, 3.8) is 0 Å². The fourth-order valence-electron chi connectivity index (χ4n) is 2.56. The summed E-state index contributed by atoms with van der Waals surface area (Å²) in [6.45, 7) is 10.9. The van der Waals surface area contributed by atoms with Crippen molar-refractivity contribution in [2.45, 2.75) is 39.5 Å². The van der Waals surface area contributed by atoms with E-state index < -0.39 is 10.0 Å². The first-order valence-electron chi connectivity index (χ1n) is 8.01. The monoisotopic (exact) mass is 340 g/mol. The van der Waals surface area contributed by atoms with Gasteiger partial charge in [0.2, 0.25) is 10.0 Å². The number of rotatable bonds is 7. The highest BCUT2D eigenvalue weighted by molar-refractivity contribution is 7.89. The van der Waals surface area contributed by atoms with Gasteiger partial charge in [0.1, 0.15) is 0 Å². The molecule has 0 aliphatic heterocycles. The molecular formula is C17H28N2O3S. The van der Waals surface area contributed by atoms with Gasteiger partial charge in [-0.05, 0) is 30.5 Å². The fraction of sp³-hybridized carbons (Fsp3) is 0.588. The second kappa shape index (κ2) is 7.93. The van der Waals surface area contributed by atoms with Crippen molar-refractivity contribution in [1.29, 1.82) is 0 Å². The first kappa shape index (κ1) is 19.6. The van der Waals surface area contributed by atoms with E-state index >= 15 is 0 Å². The zero-order valence-corrected chi connectivity index (χ0v) is 15.8. The molecule has 0 unspecified atom stereocenters. The number of carbonyl (C=O) groups is 1. The molecule has 0 spiro atoms. The Bertz CT molecular complexity index is 650. The highest BCUT2D eigenvalue weighted by atomic mass is 32.2. The maximum absolute atomic E-state index is 12.7. The first-order valence-corrected chi connectivity index (χ1v) is 9.45. The molecule has 0 saturated heterocycles. The number of sulfonamides is 1. The van der Waals surface area contributed by atoms with Gasteiger partial charge in [0.25, 0.3) is 5.91 Å². The lowest BCUT2D eigenvalue weighted by molar-refractivity contribution is 0.0779. The van der Waals surface area contributed by atoms with Crippen LogP contribution in [0.1, 0.15) is 43.6 Å². The first-order chi connectivity index (χ1) is 10.6. The Morgan fingerprint density at radius 3 is 2.22 bits per heavy atom. The van der Waals surface area contributed by atoms with Gasteiger partial charge in [0.05, 0.1) is 4.90 Å². The molecule has 0 heterocycles. The van der Waals surface area contributed by atoms with E-state index in [1.54, 1.807) is 31.0 Å². The van der Waals surface area contributed by atoms with E-state index in [-0.39, 0.29) is 10.8 Å². The van der Waals surface area contributed by atoms with Crippen LogP contribution >= 0.6 is 0 Å². The zero-order valence-electron chi connectivity index (χ0n) is 15.0. The highest BCUT2D eigenvalue weighted by Crippen LogP contribution is 2.22. The molecule has 23 heavy (non-hydrogen) atoms. The van der Waals surface area contributed by atoms with Crippen LogP contribution in [0.3, 0.4) is 0 Å². The molecule has 6 heteroatoms. The minimum absolute atomic E-state index is 0.158. The second-order valence-corrected chi connectivity index (χ2v) is 8.06. The Morgan fingerprint density at radius 1 is 1.17 bits per heavy atom. The smallest absolute Gasteiger partial charge is 0.253 e. The quantitative estimate of drug-likeness (QED) is 0.767. The van der Waals surface area contributed by atoms with Gasteiger partial charge in [-0.15, -0.1) is 0 Å². The lowest BCUT2D eigenvalue weighted by atomic mass is 10.1. The lowest BCUT2D eigenvalue weighted by Crippen LogP contribution is -2.32. The van der Waals surface area contributed by atoms with Crippen molar-refractivity contribution in [2.24, 2.45) is 5.92 Å². The predicted octanol–water partition coefficient (Wildman–Crippen LogP) is 2.75. The average molecular weight is 340 g/mol. The molecule has 1 rings (SSSR count). The Morgan fingerprint density at radius 2 is 1.74 bits per heavy atom. The average Bonchev–Trinajstić information content (AvgIpc) is 2.47. The van der Waals surface area contributed by atoms with Gasteiger partial charge < -0.3 is 4.90 Å². The molecule has 1 aromatic rings. The summed E-state index contributed by atoms with van der Waals surface area (Å²) >= 11 is 0. The van der Waals surface area contributed by atoms with E-state index in [4.69, 9.17) is 0 Å². The molecule has 5 nitrogen and oxygen atoms in total. The Hall–Kier alpha value is -1.40. The maximum atomic E-state index is 12.7. The summed E-state index contributed by atoms with van der Waals surface area (Å²) in [4.78, 5) is 14.3. The molecular weight excluding hydrogens is 312 g/mol. The lowest BCUT2D eigenvalue weighted by Gasteiger charge is -2.22. The highest BCUT2D eigenvalue weighted by Gasteiger charge is 2.25. The van der Waals surface area contributed by atoms with Crippen molar-refractivity contribution in [2.75, 3.05) is 26.7 Å². The van der Waals surface area contributed by atoms with Crippen LogP contribution in [0.4, 0.5) is 0 Å².